The zero-order chi connectivity index (χ0) is 14.1. The highest BCUT2D eigenvalue weighted by atomic mass is 35.5. The molecule has 2 aromatic carbocycles. The van der Waals surface area contributed by atoms with Crippen LogP contribution in [0.2, 0.25) is 10.3 Å². The molecule has 20 heavy (non-hydrogen) atoms. The van der Waals surface area contributed by atoms with Gasteiger partial charge in [-0.1, -0.05) is 29.8 Å². The second-order valence-corrected chi connectivity index (χ2v) is 5.13. The van der Waals surface area contributed by atoms with Crippen LogP contribution in [0.4, 0.5) is 0 Å². The highest BCUT2D eigenvalue weighted by Gasteiger charge is 2.12. The molecule has 1 aromatic heterocycles. The molecule has 0 bridgehead atoms. The summed E-state index contributed by atoms with van der Waals surface area (Å²) in [5, 5.41) is 9.82. The second-order valence-electron chi connectivity index (χ2n) is 4.38. The Labute approximate surface area is 126 Å². The Bertz CT molecular complexity index is 813. The summed E-state index contributed by atoms with van der Waals surface area (Å²) in [5.41, 5.74) is 3.26. The first-order valence-electron chi connectivity index (χ1n) is 5.98. The smallest absolute Gasteiger partial charge is 0.204 e. The Hall–Kier alpha value is -2.02. The minimum Gasteiger partial charge on any atom is -0.309 e. The number of nitrogens with zero attached hydrogens (tertiary/aromatic N) is 3. The number of nitriles is 1. The van der Waals surface area contributed by atoms with Gasteiger partial charge in [-0.15, -0.1) is 0 Å². The van der Waals surface area contributed by atoms with E-state index < -0.39 is 0 Å². The van der Waals surface area contributed by atoms with Crippen LogP contribution in [0.3, 0.4) is 0 Å². The van der Waals surface area contributed by atoms with Crippen LogP contribution in [0.15, 0.2) is 42.5 Å². The molecule has 0 aliphatic carbocycles. The number of hydrogen-bond donors (Lipinski definition) is 0. The molecule has 0 aliphatic heterocycles. The predicted octanol–water partition coefficient (Wildman–Crippen LogP) is 4.26. The molecule has 0 spiro atoms. The first kappa shape index (κ1) is 13.0. The number of aromatic nitrogens is 2. The molecule has 0 amide bonds. The standard InChI is InChI=1S/C15H9Cl2N3/c16-12-2-1-3-13-14(12)20(15(17)19-13)9-11-6-4-10(8-18)5-7-11/h1-7H,9H2. The van der Waals surface area contributed by atoms with Crippen molar-refractivity contribution < 1.29 is 0 Å². The maximum Gasteiger partial charge on any atom is 0.204 e. The first-order chi connectivity index (χ1) is 9.69. The van der Waals surface area contributed by atoms with Crippen molar-refractivity contribution in [2.45, 2.75) is 6.54 Å². The van der Waals surface area contributed by atoms with E-state index in [4.69, 9.17) is 28.5 Å². The third kappa shape index (κ3) is 2.24. The van der Waals surface area contributed by atoms with Crippen LogP contribution in [0.1, 0.15) is 11.1 Å². The monoisotopic (exact) mass is 301 g/mol. The lowest BCUT2D eigenvalue weighted by molar-refractivity contribution is 0.825. The number of halogens is 2. The van der Waals surface area contributed by atoms with Gasteiger partial charge >= 0.3 is 0 Å². The van der Waals surface area contributed by atoms with Crippen molar-refractivity contribution in [2.75, 3.05) is 0 Å². The van der Waals surface area contributed by atoms with Gasteiger partial charge in [0.2, 0.25) is 5.28 Å². The van der Waals surface area contributed by atoms with Gasteiger partial charge in [0.15, 0.2) is 0 Å². The first-order valence-corrected chi connectivity index (χ1v) is 6.74. The SMILES string of the molecule is N#Cc1ccc(Cn2c(Cl)nc3cccc(Cl)c32)cc1. The van der Waals surface area contributed by atoms with Gasteiger partial charge in [0.1, 0.15) is 0 Å². The van der Waals surface area contributed by atoms with Gasteiger partial charge in [0, 0.05) is 0 Å². The van der Waals surface area contributed by atoms with E-state index in [2.05, 4.69) is 11.1 Å². The summed E-state index contributed by atoms with van der Waals surface area (Å²) >= 11 is 12.4. The fourth-order valence-electron chi connectivity index (χ4n) is 2.12. The van der Waals surface area contributed by atoms with Crippen LogP contribution in [-0.2, 0) is 6.54 Å². The van der Waals surface area contributed by atoms with Gasteiger partial charge in [-0.05, 0) is 41.4 Å². The van der Waals surface area contributed by atoms with Crippen molar-refractivity contribution in [1.82, 2.24) is 9.55 Å². The van der Waals surface area contributed by atoms with Gasteiger partial charge in [0.05, 0.1) is 34.2 Å². The van der Waals surface area contributed by atoms with Crippen LogP contribution >= 0.6 is 23.2 Å². The molecule has 0 fully saturated rings. The average molecular weight is 302 g/mol. The third-order valence-corrected chi connectivity index (χ3v) is 3.69. The third-order valence-electron chi connectivity index (χ3n) is 3.09. The molecule has 98 valence electrons. The molecular formula is C15H9Cl2N3. The Morgan fingerprint density at radius 2 is 1.85 bits per heavy atom. The molecule has 0 N–H and O–H groups in total. The maximum absolute atomic E-state index is 8.80. The maximum atomic E-state index is 8.80. The fraction of sp³-hybridized carbons (Fsp3) is 0.0667. The summed E-state index contributed by atoms with van der Waals surface area (Å²) in [7, 11) is 0. The molecule has 0 unspecified atom stereocenters. The minimum atomic E-state index is 0.400. The molecule has 0 aliphatic rings. The van der Waals surface area contributed by atoms with Crippen LogP contribution in [-0.4, -0.2) is 9.55 Å². The summed E-state index contributed by atoms with van der Waals surface area (Å²) < 4.78 is 1.86. The van der Waals surface area contributed by atoms with Crippen molar-refractivity contribution in [2.24, 2.45) is 0 Å². The Balaban J connectivity index is 2.06. The summed E-state index contributed by atoms with van der Waals surface area (Å²) in [6.45, 7) is 0.560. The highest BCUT2D eigenvalue weighted by molar-refractivity contribution is 6.36. The second kappa shape index (κ2) is 5.16. The van der Waals surface area contributed by atoms with Gasteiger partial charge in [0.25, 0.3) is 0 Å². The van der Waals surface area contributed by atoms with Crippen LogP contribution in [0.25, 0.3) is 11.0 Å². The number of para-hydroxylation sites is 1. The molecule has 3 nitrogen and oxygen atoms in total. The lowest BCUT2D eigenvalue weighted by Gasteiger charge is -2.07. The van der Waals surface area contributed by atoms with Crippen molar-refractivity contribution in [3.05, 3.63) is 63.9 Å². The zero-order valence-electron chi connectivity index (χ0n) is 10.3. The summed E-state index contributed by atoms with van der Waals surface area (Å²) in [6, 6.07) is 15.0. The molecule has 0 radical (unpaired) electrons. The Morgan fingerprint density at radius 3 is 2.55 bits per heavy atom. The van der Waals surface area contributed by atoms with Crippen molar-refractivity contribution in [3.8, 4) is 6.07 Å². The molecule has 3 rings (SSSR count). The van der Waals surface area contributed by atoms with Crippen molar-refractivity contribution in [3.63, 3.8) is 0 Å². The molecule has 0 atom stereocenters. The van der Waals surface area contributed by atoms with E-state index >= 15 is 0 Å². The van der Waals surface area contributed by atoms with Crippen LogP contribution in [0, 0.1) is 11.3 Å². The minimum absolute atomic E-state index is 0.400. The number of benzene rings is 2. The Morgan fingerprint density at radius 1 is 1.10 bits per heavy atom. The molecule has 3 aromatic rings. The number of hydrogen-bond acceptors (Lipinski definition) is 2. The van der Waals surface area contributed by atoms with Crippen molar-refractivity contribution in [1.29, 1.82) is 5.26 Å². The van der Waals surface area contributed by atoms with Gasteiger partial charge in [-0.25, -0.2) is 4.98 Å². The van der Waals surface area contributed by atoms with Gasteiger partial charge < -0.3 is 4.57 Å². The van der Waals surface area contributed by atoms with E-state index in [0.29, 0.717) is 22.4 Å². The predicted molar refractivity (Wildman–Crippen MR) is 80.0 cm³/mol. The Kier molecular flexibility index (Phi) is 3.35. The van der Waals surface area contributed by atoms with Gasteiger partial charge in [-0.2, -0.15) is 5.26 Å². The van der Waals surface area contributed by atoms with Crippen LogP contribution in [0.5, 0.6) is 0 Å². The lowest BCUT2D eigenvalue weighted by Crippen LogP contribution is -2.00. The number of rotatable bonds is 2. The highest BCUT2D eigenvalue weighted by Crippen LogP contribution is 2.27. The summed E-state index contributed by atoms with van der Waals surface area (Å²) in [6.07, 6.45) is 0. The largest absolute Gasteiger partial charge is 0.309 e. The number of imidazole rings is 1. The molecule has 0 saturated heterocycles. The van der Waals surface area contributed by atoms with Crippen LogP contribution < -0.4 is 0 Å². The van der Waals surface area contributed by atoms with E-state index in [1.54, 1.807) is 12.1 Å². The fourth-order valence-corrected chi connectivity index (χ4v) is 2.63. The van der Waals surface area contributed by atoms with E-state index in [-0.39, 0.29) is 0 Å². The van der Waals surface area contributed by atoms with Gasteiger partial charge in [-0.3, -0.25) is 0 Å². The quantitative estimate of drug-likeness (QED) is 0.709. The topological polar surface area (TPSA) is 41.6 Å². The number of fused-ring (bicyclic) bond motifs is 1. The average Bonchev–Trinajstić information content (AvgIpc) is 2.77. The molecule has 0 saturated carbocycles. The summed E-state index contributed by atoms with van der Waals surface area (Å²) in [4.78, 5) is 4.30. The van der Waals surface area contributed by atoms with E-state index in [1.165, 1.54) is 0 Å². The lowest BCUT2D eigenvalue weighted by atomic mass is 10.1. The molecule has 5 heteroatoms. The van der Waals surface area contributed by atoms with E-state index in [9.17, 15) is 0 Å². The molecule has 1 heterocycles. The normalized spacial score (nSPS) is 10.7. The molecular weight excluding hydrogens is 293 g/mol. The van der Waals surface area contributed by atoms with E-state index in [0.717, 1.165) is 16.6 Å². The zero-order valence-corrected chi connectivity index (χ0v) is 11.9. The summed E-state index contributed by atoms with van der Waals surface area (Å²) in [5.74, 6) is 0. The van der Waals surface area contributed by atoms with E-state index in [1.807, 2.05) is 34.9 Å². The van der Waals surface area contributed by atoms with Crippen molar-refractivity contribution >= 4 is 34.2 Å².